The third-order valence-electron chi connectivity index (χ3n) is 3.27. The highest BCUT2D eigenvalue weighted by Crippen LogP contribution is 2.43. The van der Waals surface area contributed by atoms with Gasteiger partial charge >= 0.3 is 5.97 Å². The minimum atomic E-state index is -0.0498. The topological polar surface area (TPSA) is 29.5 Å². The van der Waals surface area contributed by atoms with Crippen molar-refractivity contribution >= 4 is 5.97 Å². The van der Waals surface area contributed by atoms with Crippen LogP contribution in [0, 0.1) is 17.8 Å². The van der Waals surface area contributed by atoms with E-state index in [1.807, 2.05) is 6.92 Å². The number of carbonyl (C=O) groups is 1. The van der Waals surface area contributed by atoms with Gasteiger partial charge in [-0.1, -0.05) is 12.2 Å². The highest BCUT2D eigenvalue weighted by Gasteiger charge is 2.41. The highest BCUT2D eigenvalue weighted by molar-refractivity contribution is 5.73. The molecule has 0 N–H and O–H groups in total. The van der Waals surface area contributed by atoms with Crippen LogP contribution in [-0.2, 0) is 9.63 Å². The van der Waals surface area contributed by atoms with Crippen LogP contribution in [0.3, 0.4) is 0 Å². The van der Waals surface area contributed by atoms with E-state index in [4.69, 9.17) is 4.84 Å². The zero-order valence-electron chi connectivity index (χ0n) is 8.77. The minimum absolute atomic E-state index is 0.0498. The molecule has 3 heteroatoms. The molecule has 1 saturated carbocycles. The Bertz CT molecular complexity index is 262. The molecule has 0 heterocycles. The smallest absolute Gasteiger partial charge is 0.328 e. The Morgan fingerprint density at radius 3 is 2.79 bits per heavy atom. The van der Waals surface area contributed by atoms with Crippen LogP contribution < -0.4 is 0 Å². The molecule has 2 bridgehead atoms. The van der Waals surface area contributed by atoms with Gasteiger partial charge in [-0.05, 0) is 31.6 Å². The van der Waals surface area contributed by atoms with Gasteiger partial charge in [0, 0.05) is 13.6 Å². The molecule has 0 amide bonds. The fraction of sp³-hybridized carbons (Fsp3) is 0.727. The second-order valence-corrected chi connectivity index (χ2v) is 4.24. The molecule has 3 unspecified atom stereocenters. The van der Waals surface area contributed by atoms with E-state index in [0.717, 1.165) is 19.4 Å². The lowest BCUT2D eigenvalue weighted by atomic mass is 9.94. The van der Waals surface area contributed by atoms with Crippen molar-refractivity contribution in [1.29, 1.82) is 0 Å². The molecule has 0 aliphatic heterocycles. The Balaban J connectivity index is 1.90. The fourth-order valence-corrected chi connectivity index (χ4v) is 2.34. The first-order valence-corrected chi connectivity index (χ1v) is 5.32. The molecule has 3 nitrogen and oxygen atoms in total. The summed E-state index contributed by atoms with van der Waals surface area (Å²) in [6.07, 6.45) is 6.54. The van der Waals surface area contributed by atoms with Gasteiger partial charge in [-0.2, -0.15) is 0 Å². The quantitative estimate of drug-likeness (QED) is 0.506. The van der Waals surface area contributed by atoms with E-state index in [1.54, 1.807) is 12.1 Å². The van der Waals surface area contributed by atoms with Crippen LogP contribution in [0.1, 0.15) is 19.8 Å². The molecule has 2 rings (SSSR count). The van der Waals surface area contributed by atoms with Gasteiger partial charge in [0.25, 0.3) is 0 Å². The van der Waals surface area contributed by atoms with Crippen LogP contribution in [0.5, 0.6) is 0 Å². The van der Waals surface area contributed by atoms with Gasteiger partial charge in [-0.25, -0.2) is 0 Å². The van der Waals surface area contributed by atoms with Crippen LogP contribution >= 0.6 is 0 Å². The van der Waals surface area contributed by atoms with Gasteiger partial charge < -0.3 is 4.84 Å². The molecule has 3 atom stereocenters. The summed E-state index contributed by atoms with van der Waals surface area (Å²) in [6, 6.07) is 0. The van der Waals surface area contributed by atoms with E-state index < -0.39 is 0 Å². The summed E-state index contributed by atoms with van der Waals surface area (Å²) >= 11 is 0. The van der Waals surface area contributed by atoms with Gasteiger partial charge in [0.05, 0.1) is 5.92 Å². The largest absolute Gasteiger partial charge is 0.368 e. The van der Waals surface area contributed by atoms with E-state index in [0.29, 0.717) is 11.8 Å². The predicted octanol–water partition coefficient (Wildman–Crippen LogP) is 1.61. The van der Waals surface area contributed by atoms with Crippen molar-refractivity contribution in [2.75, 3.05) is 13.6 Å². The van der Waals surface area contributed by atoms with Crippen molar-refractivity contribution in [3.05, 3.63) is 12.2 Å². The molecule has 2 aliphatic rings. The standard InChI is InChI=1S/C11H17NO2/c1-3-12(2)14-11(13)10-7-8-4-5-9(10)6-8/h4-5,8-10H,3,6-7H2,1-2H3. The number of hydrogen-bond acceptors (Lipinski definition) is 3. The predicted molar refractivity (Wildman–Crippen MR) is 53.2 cm³/mol. The van der Waals surface area contributed by atoms with Crippen molar-refractivity contribution < 1.29 is 9.63 Å². The van der Waals surface area contributed by atoms with Crippen molar-refractivity contribution in [2.24, 2.45) is 17.8 Å². The molecule has 0 radical (unpaired) electrons. The summed E-state index contributed by atoms with van der Waals surface area (Å²) in [5.41, 5.74) is 0. The Hall–Kier alpha value is -0.830. The molecule has 0 aromatic rings. The Labute approximate surface area is 84.7 Å². The van der Waals surface area contributed by atoms with Gasteiger partial charge in [-0.3, -0.25) is 4.79 Å². The number of rotatable bonds is 3. The van der Waals surface area contributed by atoms with Crippen LogP contribution in [0.2, 0.25) is 0 Å². The number of allylic oxidation sites excluding steroid dienone is 2. The monoisotopic (exact) mass is 195 g/mol. The first-order chi connectivity index (χ1) is 6.70. The summed E-state index contributed by atoms with van der Waals surface area (Å²) in [6.45, 7) is 2.70. The van der Waals surface area contributed by atoms with E-state index in [9.17, 15) is 4.79 Å². The van der Waals surface area contributed by atoms with Gasteiger partial charge in [-0.15, -0.1) is 5.06 Å². The highest BCUT2D eigenvalue weighted by atomic mass is 16.7. The molecule has 0 aromatic carbocycles. The third-order valence-corrected chi connectivity index (χ3v) is 3.27. The van der Waals surface area contributed by atoms with Crippen LogP contribution in [0.4, 0.5) is 0 Å². The summed E-state index contributed by atoms with van der Waals surface area (Å²) in [5, 5.41) is 1.60. The van der Waals surface area contributed by atoms with E-state index in [-0.39, 0.29) is 11.9 Å². The minimum Gasteiger partial charge on any atom is -0.368 e. The normalized spacial score (nSPS) is 34.1. The summed E-state index contributed by atoms with van der Waals surface area (Å²) in [7, 11) is 1.79. The van der Waals surface area contributed by atoms with Crippen molar-refractivity contribution in [3.8, 4) is 0 Å². The van der Waals surface area contributed by atoms with Crippen molar-refractivity contribution in [2.45, 2.75) is 19.8 Å². The summed E-state index contributed by atoms with van der Waals surface area (Å²) in [4.78, 5) is 16.9. The lowest BCUT2D eigenvalue weighted by molar-refractivity contribution is -0.189. The second-order valence-electron chi connectivity index (χ2n) is 4.24. The summed E-state index contributed by atoms with van der Waals surface area (Å²) in [5.74, 6) is 1.13. The average molecular weight is 195 g/mol. The van der Waals surface area contributed by atoms with Crippen LogP contribution in [0.15, 0.2) is 12.2 Å². The zero-order chi connectivity index (χ0) is 10.1. The second kappa shape index (κ2) is 3.73. The Kier molecular flexibility index (Phi) is 2.59. The number of nitrogens with zero attached hydrogens (tertiary/aromatic N) is 1. The van der Waals surface area contributed by atoms with Crippen LogP contribution in [-0.4, -0.2) is 24.6 Å². The molecule has 78 valence electrons. The van der Waals surface area contributed by atoms with Crippen molar-refractivity contribution in [1.82, 2.24) is 5.06 Å². The molecule has 0 aromatic heterocycles. The average Bonchev–Trinajstić information content (AvgIpc) is 2.78. The van der Waals surface area contributed by atoms with Gasteiger partial charge in [0.15, 0.2) is 0 Å². The number of fused-ring (bicyclic) bond motifs is 2. The Morgan fingerprint density at radius 2 is 2.29 bits per heavy atom. The summed E-state index contributed by atoms with van der Waals surface area (Å²) < 4.78 is 0. The number of hydrogen-bond donors (Lipinski definition) is 0. The maximum Gasteiger partial charge on any atom is 0.328 e. The van der Waals surface area contributed by atoms with Gasteiger partial charge in [0.1, 0.15) is 0 Å². The lowest BCUT2D eigenvalue weighted by Crippen LogP contribution is -2.29. The first-order valence-electron chi connectivity index (χ1n) is 5.32. The maximum absolute atomic E-state index is 11.7. The molecule has 0 spiro atoms. The van der Waals surface area contributed by atoms with E-state index in [2.05, 4.69) is 12.2 Å². The molecular formula is C11H17NO2. The molecule has 1 fully saturated rings. The number of carbonyl (C=O) groups excluding carboxylic acids is 1. The Morgan fingerprint density at radius 1 is 1.50 bits per heavy atom. The molecule has 2 aliphatic carbocycles. The molecule has 0 saturated heterocycles. The maximum atomic E-state index is 11.7. The SMILES string of the molecule is CCN(C)OC(=O)C1CC2C=CC1C2. The van der Waals surface area contributed by atoms with Crippen molar-refractivity contribution in [3.63, 3.8) is 0 Å². The number of hydroxylamine groups is 2. The van der Waals surface area contributed by atoms with E-state index in [1.165, 1.54) is 0 Å². The zero-order valence-corrected chi connectivity index (χ0v) is 8.77. The van der Waals surface area contributed by atoms with E-state index >= 15 is 0 Å². The molecule has 14 heavy (non-hydrogen) atoms. The van der Waals surface area contributed by atoms with Gasteiger partial charge in [0.2, 0.25) is 0 Å². The first kappa shape index (κ1) is 9.71. The fourth-order valence-electron chi connectivity index (χ4n) is 2.34. The van der Waals surface area contributed by atoms with Crippen LogP contribution in [0.25, 0.3) is 0 Å². The lowest BCUT2D eigenvalue weighted by Gasteiger charge is -2.20. The molecular weight excluding hydrogens is 178 g/mol. The third kappa shape index (κ3) is 1.69.